The number of esters is 1. The Balaban J connectivity index is 2.22. The Morgan fingerprint density at radius 3 is 2.64 bits per heavy atom. The highest BCUT2D eigenvalue weighted by molar-refractivity contribution is 14.1. The van der Waals surface area contributed by atoms with Gasteiger partial charge in [-0.2, -0.15) is 0 Å². The minimum atomic E-state index is -0.607. The number of Topliss-reactive ketones (excluding diaryl/α,β-unsaturated/α-hetero) is 1. The monoisotopic (exact) mass is 451 g/mol. The normalized spacial score (nSPS) is 25.3. The van der Waals surface area contributed by atoms with Crippen molar-refractivity contribution >= 4 is 34.3 Å². The fourth-order valence-corrected chi connectivity index (χ4v) is 4.64. The molecule has 2 unspecified atom stereocenters. The van der Waals surface area contributed by atoms with Crippen molar-refractivity contribution in [1.29, 1.82) is 0 Å². The van der Waals surface area contributed by atoms with Crippen molar-refractivity contribution in [2.75, 3.05) is 7.11 Å². The van der Waals surface area contributed by atoms with Crippen LogP contribution in [0.5, 0.6) is 0 Å². The van der Waals surface area contributed by atoms with E-state index in [-0.39, 0.29) is 23.1 Å². The van der Waals surface area contributed by atoms with Crippen molar-refractivity contribution in [3.8, 4) is 0 Å². The topological polar surface area (TPSA) is 55.4 Å². The van der Waals surface area contributed by atoms with Crippen molar-refractivity contribution in [3.63, 3.8) is 0 Å². The molecule has 0 radical (unpaired) electrons. The summed E-state index contributed by atoms with van der Waals surface area (Å²) in [5, 5.41) is 3.25. The second-order valence-electron chi connectivity index (χ2n) is 7.48. The zero-order valence-corrected chi connectivity index (χ0v) is 16.8. The van der Waals surface area contributed by atoms with E-state index in [1.54, 1.807) is 0 Å². The second kappa shape index (κ2) is 6.59. The number of hydrogen-bond donors (Lipinski definition) is 1. The SMILES string of the molecule is C=C1NC2=C(C(=O)CC(C)(C)C2)C(c2ccccc2I)C1C(=O)OC. The summed E-state index contributed by atoms with van der Waals surface area (Å²) in [4.78, 5) is 25.5. The van der Waals surface area contributed by atoms with Crippen LogP contribution >= 0.6 is 22.6 Å². The molecule has 25 heavy (non-hydrogen) atoms. The number of nitrogens with one attached hydrogen (secondary N) is 1. The van der Waals surface area contributed by atoms with Gasteiger partial charge in [-0.05, 0) is 46.1 Å². The smallest absolute Gasteiger partial charge is 0.315 e. The Morgan fingerprint density at radius 1 is 1.32 bits per heavy atom. The number of carbonyl (C=O) groups is 2. The van der Waals surface area contributed by atoms with Gasteiger partial charge >= 0.3 is 5.97 Å². The Morgan fingerprint density at radius 2 is 2.00 bits per heavy atom. The quantitative estimate of drug-likeness (QED) is 0.547. The number of ether oxygens (including phenoxy) is 1. The van der Waals surface area contributed by atoms with Gasteiger partial charge in [0, 0.05) is 32.9 Å². The summed E-state index contributed by atoms with van der Waals surface area (Å²) in [6.45, 7) is 8.25. The van der Waals surface area contributed by atoms with Gasteiger partial charge in [0.25, 0.3) is 0 Å². The van der Waals surface area contributed by atoms with Crippen LogP contribution in [0.3, 0.4) is 0 Å². The molecular weight excluding hydrogens is 429 g/mol. The Bertz CT molecular complexity index is 794. The summed E-state index contributed by atoms with van der Waals surface area (Å²) < 4.78 is 6.06. The molecule has 1 aromatic carbocycles. The molecule has 0 aromatic heterocycles. The van der Waals surface area contributed by atoms with Crippen LogP contribution in [-0.4, -0.2) is 18.9 Å². The lowest BCUT2D eigenvalue weighted by atomic mass is 9.66. The standard InChI is InChI=1S/C20H22INO3/c1-11-16(19(24)25-4)17(12-7-5-6-8-13(12)21)18-14(22-11)9-20(2,3)10-15(18)23/h5-8,16-17,22H,1,9-10H2,2-4H3. The average Bonchev–Trinajstić information content (AvgIpc) is 2.52. The summed E-state index contributed by atoms with van der Waals surface area (Å²) in [6.07, 6.45) is 1.24. The van der Waals surface area contributed by atoms with Gasteiger partial charge in [0.15, 0.2) is 5.78 Å². The fourth-order valence-electron chi connectivity index (χ4n) is 3.91. The Hall–Kier alpha value is -1.63. The van der Waals surface area contributed by atoms with Crippen LogP contribution in [0.25, 0.3) is 0 Å². The van der Waals surface area contributed by atoms with Crippen molar-refractivity contribution in [1.82, 2.24) is 5.32 Å². The van der Waals surface area contributed by atoms with Gasteiger partial charge in [0.05, 0.1) is 7.11 Å². The van der Waals surface area contributed by atoms with Crippen LogP contribution in [0.1, 0.15) is 38.2 Å². The third kappa shape index (κ3) is 3.26. The van der Waals surface area contributed by atoms with Crippen LogP contribution < -0.4 is 5.32 Å². The largest absolute Gasteiger partial charge is 0.468 e. The number of hydrogen-bond acceptors (Lipinski definition) is 4. The summed E-state index contributed by atoms with van der Waals surface area (Å²) in [7, 11) is 1.37. The molecule has 5 heteroatoms. The van der Waals surface area contributed by atoms with Gasteiger partial charge in [0.2, 0.25) is 0 Å². The van der Waals surface area contributed by atoms with Gasteiger partial charge in [-0.25, -0.2) is 0 Å². The summed E-state index contributed by atoms with van der Waals surface area (Å²) in [5.74, 6) is -1.23. The molecule has 1 N–H and O–H groups in total. The zero-order chi connectivity index (χ0) is 18.4. The number of allylic oxidation sites excluding steroid dienone is 2. The van der Waals surface area contributed by atoms with Crippen molar-refractivity contribution < 1.29 is 14.3 Å². The molecule has 0 saturated heterocycles. The van der Waals surface area contributed by atoms with Crippen LogP contribution in [0, 0.1) is 14.9 Å². The minimum Gasteiger partial charge on any atom is -0.468 e. The van der Waals surface area contributed by atoms with Gasteiger partial charge < -0.3 is 10.1 Å². The molecule has 0 amide bonds. The average molecular weight is 451 g/mol. The molecule has 0 bridgehead atoms. The van der Waals surface area contributed by atoms with E-state index in [4.69, 9.17) is 4.74 Å². The Kier molecular flexibility index (Phi) is 4.79. The number of benzene rings is 1. The highest BCUT2D eigenvalue weighted by atomic mass is 127. The van der Waals surface area contributed by atoms with Crippen LogP contribution in [0.2, 0.25) is 0 Å². The first-order valence-corrected chi connectivity index (χ1v) is 9.37. The highest BCUT2D eigenvalue weighted by Crippen LogP contribution is 2.48. The van der Waals surface area contributed by atoms with E-state index in [2.05, 4.69) is 48.3 Å². The lowest BCUT2D eigenvalue weighted by Crippen LogP contribution is -2.43. The third-order valence-corrected chi connectivity index (χ3v) is 5.93. The molecule has 1 aromatic rings. The highest BCUT2D eigenvalue weighted by Gasteiger charge is 2.46. The molecule has 1 aliphatic carbocycles. The van der Waals surface area contributed by atoms with Crippen molar-refractivity contribution in [2.24, 2.45) is 11.3 Å². The summed E-state index contributed by atoms with van der Waals surface area (Å²) in [6, 6.07) is 7.87. The maximum absolute atomic E-state index is 13.0. The lowest BCUT2D eigenvalue weighted by molar-refractivity contribution is -0.144. The van der Waals surface area contributed by atoms with E-state index in [0.29, 0.717) is 17.7 Å². The molecule has 1 heterocycles. The number of carbonyl (C=O) groups excluding carboxylic acids is 2. The van der Waals surface area contributed by atoms with Crippen molar-refractivity contribution in [2.45, 2.75) is 32.6 Å². The van der Waals surface area contributed by atoms with E-state index in [1.165, 1.54) is 7.11 Å². The van der Waals surface area contributed by atoms with Crippen LogP contribution in [-0.2, 0) is 14.3 Å². The van der Waals surface area contributed by atoms with Gasteiger partial charge in [-0.3, -0.25) is 9.59 Å². The molecule has 3 rings (SSSR count). The maximum atomic E-state index is 13.0. The molecule has 0 saturated carbocycles. The van der Waals surface area contributed by atoms with Gasteiger partial charge in [0.1, 0.15) is 5.92 Å². The van der Waals surface area contributed by atoms with Crippen molar-refractivity contribution in [3.05, 3.63) is 56.9 Å². The molecule has 2 atom stereocenters. The second-order valence-corrected chi connectivity index (χ2v) is 8.65. The zero-order valence-electron chi connectivity index (χ0n) is 14.7. The predicted molar refractivity (Wildman–Crippen MR) is 105 cm³/mol. The maximum Gasteiger partial charge on any atom is 0.315 e. The first-order valence-electron chi connectivity index (χ1n) is 8.29. The van der Waals surface area contributed by atoms with E-state index in [1.807, 2.05) is 24.3 Å². The van der Waals surface area contributed by atoms with E-state index in [9.17, 15) is 9.59 Å². The molecule has 1 aliphatic heterocycles. The lowest BCUT2D eigenvalue weighted by Gasteiger charge is -2.42. The Labute approximate surface area is 161 Å². The summed E-state index contributed by atoms with van der Waals surface area (Å²) >= 11 is 2.26. The molecular formula is C20H22INO3. The first-order chi connectivity index (χ1) is 11.7. The predicted octanol–water partition coefficient (Wildman–Crippen LogP) is 3.92. The van der Waals surface area contributed by atoms with Crippen LogP contribution in [0.15, 0.2) is 47.8 Å². The summed E-state index contributed by atoms with van der Waals surface area (Å²) in [5.41, 5.74) is 3.08. The molecule has 2 aliphatic rings. The molecule has 0 spiro atoms. The van der Waals surface area contributed by atoms with Crippen LogP contribution in [0.4, 0.5) is 0 Å². The molecule has 4 nitrogen and oxygen atoms in total. The van der Waals surface area contributed by atoms with Gasteiger partial charge in [-0.1, -0.05) is 38.6 Å². The van der Waals surface area contributed by atoms with E-state index >= 15 is 0 Å². The number of methoxy groups -OCH3 is 1. The molecule has 132 valence electrons. The number of rotatable bonds is 2. The van der Waals surface area contributed by atoms with E-state index in [0.717, 1.165) is 21.3 Å². The van der Waals surface area contributed by atoms with Gasteiger partial charge in [-0.15, -0.1) is 0 Å². The molecule has 0 fully saturated rings. The van der Waals surface area contributed by atoms with E-state index < -0.39 is 5.92 Å². The fraction of sp³-hybridized carbons (Fsp3) is 0.400. The number of ketones is 1. The number of halogens is 1. The third-order valence-electron chi connectivity index (χ3n) is 4.95. The minimum absolute atomic E-state index is 0.101. The first kappa shape index (κ1) is 18.2.